The van der Waals surface area contributed by atoms with Crippen LogP contribution in [0.3, 0.4) is 0 Å². The van der Waals surface area contributed by atoms with E-state index in [0.29, 0.717) is 25.4 Å². The van der Waals surface area contributed by atoms with Gasteiger partial charge in [-0.05, 0) is 25.7 Å². The van der Waals surface area contributed by atoms with Crippen LogP contribution in [0.5, 0.6) is 0 Å². The predicted octanol–water partition coefficient (Wildman–Crippen LogP) is 1.86. The Hall–Kier alpha value is -1.89. The van der Waals surface area contributed by atoms with Crippen LogP contribution in [-0.4, -0.2) is 52.0 Å². The second-order valence-electron chi connectivity index (χ2n) is 6.65. The fourth-order valence-electron chi connectivity index (χ4n) is 3.59. The molecule has 1 amide bonds. The highest BCUT2D eigenvalue weighted by Gasteiger charge is 2.40. The van der Waals surface area contributed by atoms with Gasteiger partial charge in [0.1, 0.15) is 12.3 Å². The first-order valence-electron chi connectivity index (χ1n) is 8.55. The normalized spacial score (nSPS) is 23.8. The summed E-state index contributed by atoms with van der Waals surface area (Å²) in [6, 6.07) is -0.525. The molecule has 4 atom stereocenters. The maximum atomic E-state index is 11.7. The molecule has 7 nitrogen and oxygen atoms in total. The van der Waals surface area contributed by atoms with Crippen molar-refractivity contribution < 1.29 is 19.1 Å². The number of aromatic nitrogens is 1. The molecule has 0 radical (unpaired) electrons. The average molecular weight is 337 g/mol. The summed E-state index contributed by atoms with van der Waals surface area (Å²) in [5.74, 6) is -0.0573. The number of carbonyl (C=O) groups excluding carboxylic acids is 1. The van der Waals surface area contributed by atoms with Crippen molar-refractivity contribution in [1.29, 1.82) is 0 Å². The number of hydrogen-bond donors (Lipinski definition) is 2. The second kappa shape index (κ2) is 8.28. The summed E-state index contributed by atoms with van der Waals surface area (Å²) in [6.45, 7) is 6.85. The van der Waals surface area contributed by atoms with Crippen LogP contribution in [0.2, 0.25) is 0 Å². The molecule has 2 rings (SSSR count). The zero-order valence-corrected chi connectivity index (χ0v) is 14.6. The van der Waals surface area contributed by atoms with Crippen LogP contribution in [0.15, 0.2) is 16.9 Å². The lowest BCUT2D eigenvalue weighted by molar-refractivity contribution is -0.142. The third kappa shape index (κ3) is 4.56. The van der Waals surface area contributed by atoms with Crippen molar-refractivity contribution in [3.63, 3.8) is 0 Å². The molecular formula is C17H27N3O4. The Morgan fingerprint density at radius 3 is 2.83 bits per heavy atom. The van der Waals surface area contributed by atoms with E-state index in [0.717, 1.165) is 12.8 Å². The molecule has 1 aliphatic heterocycles. The summed E-state index contributed by atoms with van der Waals surface area (Å²) in [6.07, 6.45) is 5.54. The van der Waals surface area contributed by atoms with Crippen molar-refractivity contribution in [3.05, 3.63) is 18.4 Å². The van der Waals surface area contributed by atoms with E-state index < -0.39 is 12.0 Å². The van der Waals surface area contributed by atoms with Crippen LogP contribution in [-0.2, 0) is 9.59 Å². The van der Waals surface area contributed by atoms with Gasteiger partial charge in [-0.3, -0.25) is 14.5 Å². The number of amides is 1. The summed E-state index contributed by atoms with van der Waals surface area (Å²) in [5, 5.41) is 12.5. The first kappa shape index (κ1) is 18.4. The lowest BCUT2D eigenvalue weighted by Crippen LogP contribution is -2.45. The smallest absolute Gasteiger partial charge is 0.320 e. The number of carboxylic acids is 1. The van der Waals surface area contributed by atoms with E-state index in [4.69, 9.17) is 4.42 Å². The zero-order valence-electron chi connectivity index (χ0n) is 14.6. The maximum absolute atomic E-state index is 11.7. The molecule has 134 valence electrons. The molecule has 24 heavy (non-hydrogen) atoms. The van der Waals surface area contributed by atoms with Crippen molar-refractivity contribution in [2.24, 2.45) is 5.92 Å². The Labute approximate surface area is 142 Å². The lowest BCUT2D eigenvalue weighted by atomic mass is 9.95. The third-order valence-electron chi connectivity index (χ3n) is 4.76. The van der Waals surface area contributed by atoms with E-state index in [-0.39, 0.29) is 23.8 Å². The van der Waals surface area contributed by atoms with E-state index in [9.17, 15) is 14.7 Å². The molecule has 2 heterocycles. The van der Waals surface area contributed by atoms with Gasteiger partial charge in [0.25, 0.3) is 0 Å². The van der Waals surface area contributed by atoms with Crippen LogP contribution in [0.1, 0.15) is 51.8 Å². The fraction of sp³-hybridized carbons (Fsp3) is 0.706. The SMILES string of the molecule is CCCC(CN1CC(c2ncco2)CC1C(=O)O)C(C)NC(C)=O. The van der Waals surface area contributed by atoms with Gasteiger partial charge in [-0.15, -0.1) is 0 Å². The van der Waals surface area contributed by atoms with Gasteiger partial charge >= 0.3 is 5.97 Å². The molecule has 7 heteroatoms. The Balaban J connectivity index is 2.08. The Morgan fingerprint density at radius 2 is 2.29 bits per heavy atom. The van der Waals surface area contributed by atoms with Gasteiger partial charge in [-0.25, -0.2) is 4.98 Å². The minimum atomic E-state index is -0.813. The number of oxazole rings is 1. The zero-order chi connectivity index (χ0) is 17.7. The number of carboxylic acid groups (broad SMARTS) is 1. The van der Waals surface area contributed by atoms with Gasteiger partial charge in [0, 0.05) is 26.1 Å². The average Bonchev–Trinajstić information content (AvgIpc) is 3.15. The standard InChI is InChI=1S/C17H27N3O4/c1-4-5-13(11(2)19-12(3)21)9-20-10-14(8-15(20)17(22)23)16-18-6-7-24-16/h6-7,11,13-15H,4-5,8-10H2,1-3H3,(H,19,21)(H,22,23). The van der Waals surface area contributed by atoms with Gasteiger partial charge in [-0.2, -0.15) is 0 Å². The number of nitrogens with one attached hydrogen (secondary N) is 1. The molecule has 1 aromatic rings. The van der Waals surface area contributed by atoms with Crippen molar-refractivity contribution in [2.45, 2.75) is 58.0 Å². The van der Waals surface area contributed by atoms with Crippen molar-refractivity contribution in [3.8, 4) is 0 Å². The van der Waals surface area contributed by atoms with Crippen LogP contribution in [0, 0.1) is 5.92 Å². The van der Waals surface area contributed by atoms with Crippen LogP contribution < -0.4 is 5.32 Å². The molecule has 1 aliphatic rings. The highest BCUT2D eigenvalue weighted by atomic mass is 16.4. The molecule has 2 N–H and O–H groups in total. The molecule has 0 saturated carbocycles. The molecule has 0 aliphatic carbocycles. The van der Waals surface area contributed by atoms with Gasteiger partial charge in [0.05, 0.1) is 12.1 Å². The Kier molecular flexibility index (Phi) is 6.36. The number of likely N-dealkylation sites (tertiary alicyclic amines) is 1. The number of rotatable bonds is 8. The van der Waals surface area contributed by atoms with Gasteiger partial charge < -0.3 is 14.8 Å². The fourth-order valence-corrected chi connectivity index (χ4v) is 3.59. The number of hydrogen-bond acceptors (Lipinski definition) is 5. The van der Waals surface area contributed by atoms with Gasteiger partial charge in [0.2, 0.25) is 5.91 Å². The Morgan fingerprint density at radius 1 is 1.54 bits per heavy atom. The largest absolute Gasteiger partial charge is 0.480 e. The molecule has 0 spiro atoms. The highest BCUT2D eigenvalue weighted by molar-refractivity contribution is 5.74. The van der Waals surface area contributed by atoms with E-state index in [2.05, 4.69) is 17.2 Å². The van der Waals surface area contributed by atoms with Crippen molar-refractivity contribution >= 4 is 11.9 Å². The molecule has 1 saturated heterocycles. The molecule has 1 aromatic heterocycles. The van der Waals surface area contributed by atoms with Gasteiger partial charge in [0.15, 0.2) is 5.89 Å². The predicted molar refractivity (Wildman–Crippen MR) is 88.5 cm³/mol. The first-order chi connectivity index (χ1) is 11.4. The molecule has 0 bridgehead atoms. The maximum Gasteiger partial charge on any atom is 0.320 e. The molecule has 0 aromatic carbocycles. The summed E-state index contributed by atoms with van der Waals surface area (Å²) in [5.41, 5.74) is 0. The Bertz CT molecular complexity index is 546. The summed E-state index contributed by atoms with van der Waals surface area (Å²) >= 11 is 0. The highest BCUT2D eigenvalue weighted by Crippen LogP contribution is 2.32. The number of carbonyl (C=O) groups is 2. The van der Waals surface area contributed by atoms with Crippen LogP contribution in [0.4, 0.5) is 0 Å². The van der Waals surface area contributed by atoms with E-state index in [1.54, 1.807) is 6.20 Å². The lowest BCUT2D eigenvalue weighted by Gasteiger charge is -2.30. The summed E-state index contributed by atoms with van der Waals surface area (Å²) in [7, 11) is 0. The van der Waals surface area contributed by atoms with E-state index >= 15 is 0 Å². The monoisotopic (exact) mass is 337 g/mol. The summed E-state index contributed by atoms with van der Waals surface area (Å²) in [4.78, 5) is 29.2. The van der Waals surface area contributed by atoms with Crippen LogP contribution >= 0.6 is 0 Å². The first-order valence-corrected chi connectivity index (χ1v) is 8.55. The summed E-state index contributed by atoms with van der Waals surface area (Å²) < 4.78 is 5.36. The molecule has 1 fully saturated rings. The quantitative estimate of drug-likeness (QED) is 0.752. The minimum absolute atomic E-state index is 0.000510. The second-order valence-corrected chi connectivity index (χ2v) is 6.65. The van der Waals surface area contributed by atoms with Gasteiger partial charge in [-0.1, -0.05) is 13.3 Å². The van der Waals surface area contributed by atoms with Crippen LogP contribution in [0.25, 0.3) is 0 Å². The van der Waals surface area contributed by atoms with Crippen molar-refractivity contribution in [1.82, 2.24) is 15.2 Å². The number of aliphatic carboxylic acids is 1. The topological polar surface area (TPSA) is 95.7 Å². The third-order valence-corrected chi connectivity index (χ3v) is 4.76. The number of nitrogens with zero attached hydrogens (tertiary/aromatic N) is 2. The van der Waals surface area contributed by atoms with E-state index in [1.165, 1.54) is 13.2 Å². The van der Waals surface area contributed by atoms with E-state index in [1.807, 2.05) is 11.8 Å². The molecule has 4 unspecified atom stereocenters. The van der Waals surface area contributed by atoms with Crippen molar-refractivity contribution in [2.75, 3.05) is 13.1 Å². The minimum Gasteiger partial charge on any atom is -0.480 e. The molecular weight excluding hydrogens is 310 g/mol.